The van der Waals surface area contributed by atoms with Crippen LogP contribution in [0.3, 0.4) is 0 Å². The number of hydrogen-bond donors (Lipinski definition) is 16. The fourth-order valence-corrected chi connectivity index (χ4v) is 12.4. The molecule has 0 aliphatic carbocycles. The van der Waals surface area contributed by atoms with Crippen LogP contribution in [0.1, 0.15) is 227 Å². The minimum absolute atomic E-state index is 0.124. The van der Waals surface area contributed by atoms with Crippen molar-refractivity contribution in [2.24, 2.45) is 0 Å². The lowest BCUT2D eigenvalue weighted by Gasteiger charge is -2.48. The number of nitrogens with one attached hydrogen (secondary N) is 2. The predicted octanol–water partition coefficient (Wildman–Crippen LogP) is 2.15. The summed E-state index contributed by atoms with van der Waals surface area (Å²) in [5.41, 5.74) is 0. The minimum Gasteiger partial charge on any atom is -0.394 e. The highest BCUT2D eigenvalue weighted by Gasteiger charge is 2.54. The van der Waals surface area contributed by atoms with Gasteiger partial charge in [-0.3, -0.25) is 9.59 Å². The third-order valence-corrected chi connectivity index (χ3v) is 18.3. The molecule has 4 aliphatic rings. The SMILES string of the molecule is CCCCCCCCCCCCCCCCCCCCCC(O)C(=O)NC(COC1OC(CO)C(O)C(O)C1OC1OC(COC2OC(CO)C(O)C(OC3OC(C)C(O)C(O)C3O)C2NC(C)=O)C(O)C(O)C1O)C(O)C(O)CCCCCCCCCCCC. The molecule has 4 heterocycles. The van der Waals surface area contributed by atoms with Gasteiger partial charge in [0, 0.05) is 6.92 Å². The number of unbranched alkanes of at least 4 members (excludes halogenated alkanes) is 27. The molecule has 4 fully saturated rings. The first kappa shape index (κ1) is 81.5. The van der Waals surface area contributed by atoms with E-state index in [4.69, 9.17) is 37.9 Å². The highest BCUT2D eigenvalue weighted by molar-refractivity contribution is 5.80. The Bertz CT molecular complexity index is 1890. The summed E-state index contributed by atoms with van der Waals surface area (Å²) in [7, 11) is 0. The molecule has 0 saturated carbocycles. The van der Waals surface area contributed by atoms with E-state index in [1.165, 1.54) is 122 Å². The maximum Gasteiger partial charge on any atom is 0.249 e. The van der Waals surface area contributed by atoms with Gasteiger partial charge in [-0.2, -0.15) is 0 Å². The van der Waals surface area contributed by atoms with Crippen molar-refractivity contribution in [3.8, 4) is 0 Å². The normalized spacial score (nSPS) is 33.5. The molecule has 24 unspecified atom stereocenters. The van der Waals surface area contributed by atoms with Crippen LogP contribution in [-0.4, -0.2) is 257 Å². The third-order valence-electron chi connectivity index (χ3n) is 18.3. The van der Waals surface area contributed by atoms with Gasteiger partial charge in [0.15, 0.2) is 25.2 Å². The Kier molecular flexibility index (Phi) is 40.8. The van der Waals surface area contributed by atoms with Gasteiger partial charge in [-0.25, -0.2) is 0 Å². The number of hydrogen-bond acceptors (Lipinski definition) is 24. The molecule has 4 aliphatic heterocycles. The molecule has 4 saturated heterocycles. The molecule has 0 aromatic heterocycles. The van der Waals surface area contributed by atoms with Crippen LogP contribution >= 0.6 is 0 Å². The zero-order chi connectivity index (χ0) is 66.8. The van der Waals surface area contributed by atoms with Crippen molar-refractivity contribution in [2.45, 2.75) is 374 Å². The largest absolute Gasteiger partial charge is 0.394 e. The van der Waals surface area contributed by atoms with Crippen molar-refractivity contribution in [1.82, 2.24) is 10.6 Å². The van der Waals surface area contributed by atoms with Gasteiger partial charge >= 0.3 is 0 Å². The Morgan fingerprint density at radius 1 is 0.440 bits per heavy atom. The smallest absolute Gasteiger partial charge is 0.249 e. The molecule has 0 spiro atoms. The quantitative estimate of drug-likeness (QED) is 0.0388. The van der Waals surface area contributed by atoms with Crippen LogP contribution in [0.15, 0.2) is 0 Å². The van der Waals surface area contributed by atoms with Crippen molar-refractivity contribution >= 4 is 11.8 Å². The molecule has 0 aromatic carbocycles. The van der Waals surface area contributed by atoms with Crippen molar-refractivity contribution in [2.75, 3.05) is 26.4 Å². The standard InChI is InChI=1S/C65H122N2O24/c1-5-7-9-11-13-15-17-18-19-20-21-22-23-24-25-27-29-31-33-35-44(72)61(83)67-42(50(74)43(71)34-32-30-28-26-16-14-12-10-8-6-2)38-84-65-60(56(80)51(75)45(36-68)88-65)91-64-58(82)55(79)52(76)47(89-64)39-85-62-48(66-41(4)70)59(53(77)46(37-69)87-62)90-63-57(81)54(78)49(73)40(3)86-63/h40,42-60,62-65,68-69,71-82H,5-39H2,1-4H3,(H,66,70)(H,67,83). The Hall–Kier alpha value is -1.94. The summed E-state index contributed by atoms with van der Waals surface area (Å²) in [6.07, 6.45) is -4.53. The van der Waals surface area contributed by atoms with Crippen molar-refractivity contribution in [1.29, 1.82) is 0 Å². The topological polar surface area (TPSA) is 415 Å². The fourth-order valence-electron chi connectivity index (χ4n) is 12.4. The molecule has 91 heavy (non-hydrogen) atoms. The molecule has 4 rings (SSSR count). The van der Waals surface area contributed by atoms with Gasteiger partial charge in [0.1, 0.15) is 104 Å². The van der Waals surface area contributed by atoms with Gasteiger partial charge in [-0.1, -0.05) is 200 Å². The van der Waals surface area contributed by atoms with Crippen LogP contribution in [0.4, 0.5) is 0 Å². The summed E-state index contributed by atoms with van der Waals surface area (Å²) in [6.45, 7) is 3.75. The van der Waals surface area contributed by atoms with Crippen LogP contribution in [0.25, 0.3) is 0 Å². The Morgan fingerprint density at radius 2 is 0.846 bits per heavy atom. The third kappa shape index (κ3) is 27.8. The Balaban J connectivity index is 1.40. The summed E-state index contributed by atoms with van der Waals surface area (Å²) >= 11 is 0. The van der Waals surface area contributed by atoms with E-state index in [1.54, 1.807) is 0 Å². The van der Waals surface area contributed by atoms with Gasteiger partial charge in [0.25, 0.3) is 0 Å². The average Bonchev–Trinajstić information content (AvgIpc) is 1.36. The second-order valence-corrected chi connectivity index (χ2v) is 26.0. The van der Waals surface area contributed by atoms with E-state index in [1.807, 2.05) is 0 Å². The molecule has 536 valence electrons. The van der Waals surface area contributed by atoms with E-state index in [2.05, 4.69) is 24.5 Å². The van der Waals surface area contributed by atoms with E-state index < -0.39 is 185 Å². The molecule has 0 bridgehead atoms. The number of aliphatic hydroxyl groups is 14. The molecule has 26 nitrogen and oxygen atoms in total. The molecule has 24 atom stereocenters. The predicted molar refractivity (Wildman–Crippen MR) is 332 cm³/mol. The highest BCUT2D eigenvalue weighted by atomic mass is 16.8. The molecular formula is C65H122N2O24. The summed E-state index contributed by atoms with van der Waals surface area (Å²) in [6, 6.07) is -2.92. The van der Waals surface area contributed by atoms with E-state index in [-0.39, 0.29) is 12.8 Å². The second-order valence-electron chi connectivity index (χ2n) is 26.0. The summed E-state index contributed by atoms with van der Waals surface area (Å²) in [5.74, 6) is -1.55. The van der Waals surface area contributed by atoms with Gasteiger partial charge < -0.3 is 120 Å². The molecular weight excluding hydrogens is 1190 g/mol. The lowest BCUT2D eigenvalue weighted by Crippen LogP contribution is -2.68. The summed E-state index contributed by atoms with van der Waals surface area (Å²) in [4.78, 5) is 26.3. The van der Waals surface area contributed by atoms with E-state index >= 15 is 0 Å². The summed E-state index contributed by atoms with van der Waals surface area (Å²) in [5, 5.41) is 159. The van der Waals surface area contributed by atoms with Crippen molar-refractivity contribution in [3.63, 3.8) is 0 Å². The lowest BCUT2D eigenvalue weighted by molar-refractivity contribution is -0.373. The number of rotatable bonds is 48. The zero-order valence-electron chi connectivity index (χ0n) is 54.9. The molecule has 26 heteroatoms. The first-order valence-corrected chi connectivity index (χ1v) is 34.8. The maximum absolute atomic E-state index is 13.7. The second kappa shape index (κ2) is 45.5. The average molecular weight is 1320 g/mol. The number of ether oxygens (including phenoxy) is 8. The molecule has 16 N–H and O–H groups in total. The van der Waals surface area contributed by atoms with Crippen molar-refractivity contribution < 1.29 is 119 Å². The minimum atomic E-state index is -2.10. The number of amides is 2. The first-order valence-electron chi connectivity index (χ1n) is 34.8. The van der Waals surface area contributed by atoms with Crippen LogP contribution in [0.2, 0.25) is 0 Å². The van der Waals surface area contributed by atoms with Crippen LogP contribution in [-0.2, 0) is 47.5 Å². The Labute approximate surface area is 540 Å². The number of aliphatic hydroxyl groups excluding tert-OH is 14. The van der Waals surface area contributed by atoms with E-state index in [0.29, 0.717) is 12.8 Å². The van der Waals surface area contributed by atoms with Gasteiger partial charge in [-0.05, 0) is 19.8 Å². The highest BCUT2D eigenvalue weighted by Crippen LogP contribution is 2.34. The fraction of sp³-hybridized carbons (Fsp3) is 0.969. The van der Waals surface area contributed by atoms with Crippen LogP contribution in [0.5, 0.6) is 0 Å². The number of carbonyl (C=O) groups excluding carboxylic acids is 2. The van der Waals surface area contributed by atoms with E-state index in [9.17, 15) is 81.1 Å². The maximum atomic E-state index is 13.7. The van der Waals surface area contributed by atoms with Gasteiger partial charge in [-0.15, -0.1) is 0 Å². The monoisotopic (exact) mass is 1310 g/mol. The summed E-state index contributed by atoms with van der Waals surface area (Å²) < 4.78 is 47.1. The first-order chi connectivity index (χ1) is 43.7. The lowest BCUT2D eigenvalue weighted by atomic mass is 9.95. The van der Waals surface area contributed by atoms with E-state index in [0.717, 1.165) is 64.7 Å². The molecule has 0 aromatic rings. The van der Waals surface area contributed by atoms with Crippen LogP contribution < -0.4 is 10.6 Å². The molecule has 2 amide bonds. The van der Waals surface area contributed by atoms with Crippen molar-refractivity contribution in [3.05, 3.63) is 0 Å². The van der Waals surface area contributed by atoms with Gasteiger partial charge in [0.2, 0.25) is 11.8 Å². The zero-order valence-corrected chi connectivity index (χ0v) is 54.9. The molecule has 0 radical (unpaired) electrons. The van der Waals surface area contributed by atoms with Gasteiger partial charge in [0.05, 0.1) is 44.7 Å². The number of carbonyl (C=O) groups is 2. The van der Waals surface area contributed by atoms with Crippen LogP contribution in [0, 0.1) is 0 Å². The Morgan fingerprint density at radius 3 is 1.33 bits per heavy atom.